The predicted molar refractivity (Wildman–Crippen MR) is 174 cm³/mol. The van der Waals surface area contributed by atoms with Crippen LogP contribution in [0.5, 0.6) is 0 Å². The quantitative estimate of drug-likeness (QED) is 0.210. The molecule has 5 aromatic carbocycles. The van der Waals surface area contributed by atoms with Crippen molar-refractivity contribution in [1.29, 1.82) is 0 Å². The van der Waals surface area contributed by atoms with E-state index in [2.05, 4.69) is 140 Å². The van der Waals surface area contributed by atoms with Crippen molar-refractivity contribution in [3.63, 3.8) is 0 Å². The highest BCUT2D eigenvalue weighted by Crippen LogP contribution is 2.55. The Morgan fingerprint density at radius 1 is 0.683 bits per heavy atom. The molecule has 1 atom stereocenters. The third-order valence-corrected chi connectivity index (χ3v) is 10.9. The number of aromatic nitrogens is 1. The van der Waals surface area contributed by atoms with Gasteiger partial charge in [-0.05, 0) is 86.7 Å². The first-order chi connectivity index (χ1) is 20.1. The highest BCUT2D eigenvalue weighted by molar-refractivity contribution is 8.03. The van der Waals surface area contributed by atoms with Crippen LogP contribution in [0.25, 0.3) is 44.2 Å². The molecular formula is C39H29NS. The zero-order valence-electron chi connectivity index (χ0n) is 23.2. The van der Waals surface area contributed by atoms with Crippen LogP contribution in [0.3, 0.4) is 0 Å². The number of nitrogens with zero attached hydrogens (tertiary/aromatic N) is 1. The van der Waals surface area contributed by atoms with Gasteiger partial charge in [-0.2, -0.15) is 0 Å². The number of fused-ring (bicyclic) bond motifs is 9. The van der Waals surface area contributed by atoms with Crippen LogP contribution in [0.4, 0.5) is 0 Å². The van der Waals surface area contributed by atoms with Gasteiger partial charge in [0.25, 0.3) is 0 Å². The molecule has 1 nitrogen and oxygen atoms in total. The first-order valence-electron chi connectivity index (χ1n) is 14.5. The summed E-state index contributed by atoms with van der Waals surface area (Å²) in [6, 6.07) is 40.7. The molecule has 1 aliphatic heterocycles. The van der Waals surface area contributed by atoms with Crippen molar-refractivity contribution in [3.8, 4) is 16.8 Å². The fourth-order valence-electron chi connectivity index (χ4n) is 7.54. The minimum atomic E-state index is 0.0190. The van der Waals surface area contributed by atoms with Gasteiger partial charge in [0.15, 0.2) is 0 Å². The monoisotopic (exact) mass is 543 g/mol. The number of benzene rings is 5. The van der Waals surface area contributed by atoms with Gasteiger partial charge in [0.2, 0.25) is 0 Å². The lowest BCUT2D eigenvalue weighted by atomic mass is 9.80. The number of hydrogen-bond acceptors (Lipinski definition) is 1. The largest absolute Gasteiger partial charge is 0.309 e. The molecule has 1 unspecified atom stereocenters. The summed E-state index contributed by atoms with van der Waals surface area (Å²) in [5.74, 6) is 0.404. The van der Waals surface area contributed by atoms with E-state index in [9.17, 15) is 0 Å². The summed E-state index contributed by atoms with van der Waals surface area (Å²) in [5.41, 5.74) is 13.7. The molecule has 0 saturated carbocycles. The van der Waals surface area contributed by atoms with Crippen molar-refractivity contribution in [2.75, 3.05) is 0 Å². The number of para-hydroxylation sites is 2. The smallest absolute Gasteiger partial charge is 0.0541 e. The molecule has 6 aromatic rings. The molecule has 1 aromatic heterocycles. The summed E-state index contributed by atoms with van der Waals surface area (Å²) < 4.78 is 2.44. The van der Waals surface area contributed by atoms with Gasteiger partial charge in [-0.3, -0.25) is 0 Å². The van der Waals surface area contributed by atoms with Crippen molar-refractivity contribution in [2.45, 2.75) is 36.5 Å². The summed E-state index contributed by atoms with van der Waals surface area (Å²) in [5, 5.41) is 2.62. The Morgan fingerprint density at radius 2 is 1.39 bits per heavy atom. The molecule has 2 heteroatoms. The second kappa shape index (κ2) is 8.38. The maximum absolute atomic E-state index is 2.47. The fraction of sp³-hybridized carbons (Fsp3) is 0.128. The summed E-state index contributed by atoms with van der Waals surface area (Å²) in [4.78, 5) is 2.86. The highest BCUT2D eigenvalue weighted by Gasteiger charge is 2.36. The predicted octanol–water partition coefficient (Wildman–Crippen LogP) is 10.7. The second-order valence-electron chi connectivity index (χ2n) is 12.1. The van der Waals surface area contributed by atoms with Crippen LogP contribution in [-0.2, 0) is 5.41 Å². The summed E-state index contributed by atoms with van der Waals surface area (Å²) in [6.45, 7) is 4.74. The van der Waals surface area contributed by atoms with E-state index in [1.165, 1.54) is 76.2 Å². The van der Waals surface area contributed by atoms with Gasteiger partial charge in [-0.15, -0.1) is 0 Å². The standard InChI is InChI=1S/C39H29NS/c1-39(2)33-12-6-3-9-27(33)28-18-15-25(22-34(28)39)24-16-19-37-31(21-24)32-23-26(17-20-38(32)41-37)40-35-13-7-4-10-29(35)30-11-5-8-14-36(30)40/h3-20,22-23,31H,21H2,1-2H3. The van der Waals surface area contributed by atoms with E-state index in [4.69, 9.17) is 0 Å². The van der Waals surface area contributed by atoms with E-state index in [1.54, 1.807) is 0 Å². The highest BCUT2D eigenvalue weighted by atomic mass is 32.2. The molecule has 41 heavy (non-hydrogen) atoms. The van der Waals surface area contributed by atoms with E-state index >= 15 is 0 Å². The zero-order chi connectivity index (χ0) is 27.3. The molecule has 0 N–H and O–H groups in total. The maximum Gasteiger partial charge on any atom is 0.0541 e. The topological polar surface area (TPSA) is 4.93 Å². The molecular weight excluding hydrogens is 515 g/mol. The van der Waals surface area contributed by atoms with Gasteiger partial charge in [-0.1, -0.05) is 111 Å². The number of rotatable bonds is 2. The van der Waals surface area contributed by atoms with Gasteiger partial charge in [0.1, 0.15) is 0 Å². The number of hydrogen-bond donors (Lipinski definition) is 0. The van der Waals surface area contributed by atoms with Crippen LogP contribution in [0.15, 0.2) is 131 Å². The molecule has 0 amide bonds. The van der Waals surface area contributed by atoms with E-state index in [0.29, 0.717) is 5.92 Å². The lowest BCUT2D eigenvalue weighted by Crippen LogP contribution is -2.15. The average molecular weight is 544 g/mol. The summed E-state index contributed by atoms with van der Waals surface area (Å²) in [7, 11) is 0. The van der Waals surface area contributed by atoms with Gasteiger partial charge in [0, 0.05) is 32.7 Å². The lowest BCUT2D eigenvalue weighted by Gasteiger charge is -2.24. The third kappa shape index (κ3) is 3.26. The minimum absolute atomic E-state index is 0.0190. The summed E-state index contributed by atoms with van der Waals surface area (Å²) in [6.07, 6.45) is 5.78. The maximum atomic E-state index is 2.47. The van der Waals surface area contributed by atoms with Crippen LogP contribution in [0.2, 0.25) is 0 Å². The number of thioether (sulfide) groups is 1. The molecule has 0 radical (unpaired) electrons. The van der Waals surface area contributed by atoms with Crippen LogP contribution in [-0.4, -0.2) is 4.57 Å². The molecule has 0 bridgehead atoms. The van der Waals surface area contributed by atoms with E-state index in [-0.39, 0.29) is 5.41 Å². The van der Waals surface area contributed by atoms with Gasteiger partial charge >= 0.3 is 0 Å². The van der Waals surface area contributed by atoms with Crippen molar-refractivity contribution >= 4 is 39.1 Å². The average Bonchev–Trinajstić information content (AvgIpc) is 3.62. The molecule has 196 valence electrons. The first kappa shape index (κ1) is 23.4. The Morgan fingerprint density at radius 3 is 2.20 bits per heavy atom. The first-order valence-corrected chi connectivity index (χ1v) is 15.4. The molecule has 0 saturated heterocycles. The Hall–Kier alpha value is -4.27. The summed E-state index contributed by atoms with van der Waals surface area (Å²) >= 11 is 1.95. The molecule has 0 fully saturated rings. The Balaban J connectivity index is 1.11. The van der Waals surface area contributed by atoms with E-state index in [1.807, 2.05) is 11.8 Å². The fourth-order valence-corrected chi connectivity index (χ4v) is 8.74. The Labute approximate surface area is 244 Å². The van der Waals surface area contributed by atoms with Crippen LogP contribution >= 0.6 is 11.8 Å². The van der Waals surface area contributed by atoms with Crippen molar-refractivity contribution < 1.29 is 0 Å². The zero-order valence-corrected chi connectivity index (χ0v) is 24.0. The van der Waals surface area contributed by atoms with Crippen molar-refractivity contribution in [1.82, 2.24) is 4.57 Å². The van der Waals surface area contributed by atoms with Gasteiger partial charge in [-0.25, -0.2) is 0 Å². The Bertz CT molecular complexity index is 2080. The van der Waals surface area contributed by atoms with E-state index in [0.717, 1.165) is 6.42 Å². The molecule has 2 aliphatic carbocycles. The van der Waals surface area contributed by atoms with Crippen LogP contribution in [0.1, 0.15) is 48.4 Å². The molecule has 3 aliphatic rings. The second-order valence-corrected chi connectivity index (χ2v) is 13.3. The lowest BCUT2D eigenvalue weighted by molar-refractivity contribution is 0.660. The third-order valence-electron chi connectivity index (χ3n) is 9.61. The van der Waals surface area contributed by atoms with E-state index < -0.39 is 0 Å². The van der Waals surface area contributed by atoms with Crippen molar-refractivity contribution in [3.05, 3.63) is 149 Å². The van der Waals surface area contributed by atoms with Crippen LogP contribution in [0, 0.1) is 0 Å². The van der Waals surface area contributed by atoms with Crippen molar-refractivity contribution in [2.24, 2.45) is 0 Å². The molecule has 0 spiro atoms. The van der Waals surface area contributed by atoms with Gasteiger partial charge in [0.05, 0.1) is 11.0 Å². The van der Waals surface area contributed by atoms with Crippen LogP contribution < -0.4 is 0 Å². The molecule has 2 heterocycles. The number of allylic oxidation sites excluding steroid dienone is 4. The normalized spacial score (nSPS) is 18.0. The SMILES string of the molecule is CC1(C)c2ccccc2-c2ccc(C3=CC=C4Sc5ccc(-n6c7ccccc7c7ccccc76)cc5C4C3)cc21. The Kier molecular flexibility index (Phi) is 4.79. The van der Waals surface area contributed by atoms with Gasteiger partial charge < -0.3 is 4.57 Å². The molecule has 9 rings (SSSR count). The minimum Gasteiger partial charge on any atom is -0.309 e.